The predicted octanol–water partition coefficient (Wildman–Crippen LogP) is 0.953. The smallest absolute Gasteiger partial charge is 0.295 e. The minimum absolute atomic E-state index is 0.168. The summed E-state index contributed by atoms with van der Waals surface area (Å²) in [7, 11) is 2.02. The van der Waals surface area contributed by atoms with Gasteiger partial charge in [-0.25, -0.2) is 9.67 Å². The van der Waals surface area contributed by atoms with Crippen molar-refractivity contribution in [2.45, 2.75) is 6.42 Å². The molecule has 1 fully saturated rings. The van der Waals surface area contributed by atoms with Gasteiger partial charge < -0.3 is 9.80 Å². The second-order valence-electron chi connectivity index (χ2n) is 5.75. The van der Waals surface area contributed by atoms with E-state index in [0.717, 1.165) is 19.5 Å². The lowest BCUT2D eigenvalue weighted by Gasteiger charge is -2.20. The average molecular weight is 330 g/mol. The molecule has 0 spiro atoms. The molecule has 0 unspecified atom stereocenters. The van der Waals surface area contributed by atoms with Gasteiger partial charge in [0.1, 0.15) is 18.3 Å². The minimum atomic E-state index is -0.510. The first-order valence-corrected chi connectivity index (χ1v) is 7.67. The van der Waals surface area contributed by atoms with Gasteiger partial charge in [-0.2, -0.15) is 5.10 Å². The van der Waals surface area contributed by atoms with Gasteiger partial charge in [-0.3, -0.25) is 14.9 Å². The number of amides is 1. The number of likely N-dealkylation sites (N-methyl/N-ethyl adjacent to an activating group) is 1. The third-order valence-electron chi connectivity index (χ3n) is 4.09. The maximum atomic E-state index is 12.7. The summed E-state index contributed by atoms with van der Waals surface area (Å²) in [5, 5.41) is 15.3. The molecule has 0 aliphatic carbocycles. The van der Waals surface area contributed by atoms with Crippen molar-refractivity contribution < 1.29 is 9.72 Å². The lowest BCUT2D eigenvalue weighted by molar-refractivity contribution is -0.384. The van der Waals surface area contributed by atoms with E-state index in [1.807, 2.05) is 7.05 Å². The van der Waals surface area contributed by atoms with Crippen LogP contribution in [0.3, 0.4) is 0 Å². The largest absolute Gasteiger partial charge is 0.337 e. The molecule has 126 valence electrons. The Morgan fingerprint density at radius 3 is 2.79 bits per heavy atom. The molecule has 0 radical (unpaired) electrons. The minimum Gasteiger partial charge on any atom is -0.337 e. The van der Waals surface area contributed by atoms with Crippen LogP contribution in [0.2, 0.25) is 0 Å². The molecule has 24 heavy (non-hydrogen) atoms. The standard InChI is InChI=1S/C15H18N6O3/c1-18-5-2-6-19(8-7-18)15(22)12-3-4-13(14(9-12)21(23)24)20-11-16-10-17-20/h3-4,9-11H,2,5-8H2,1H3. The van der Waals surface area contributed by atoms with Crippen LogP contribution in [0.25, 0.3) is 5.69 Å². The maximum absolute atomic E-state index is 12.7. The van der Waals surface area contributed by atoms with Crippen LogP contribution < -0.4 is 0 Å². The van der Waals surface area contributed by atoms with E-state index in [2.05, 4.69) is 15.0 Å². The van der Waals surface area contributed by atoms with Gasteiger partial charge in [0.2, 0.25) is 0 Å². The van der Waals surface area contributed by atoms with Crippen LogP contribution in [-0.4, -0.2) is 68.6 Å². The van der Waals surface area contributed by atoms with Crippen molar-refractivity contribution in [2.75, 3.05) is 33.2 Å². The highest BCUT2D eigenvalue weighted by Crippen LogP contribution is 2.24. The van der Waals surface area contributed by atoms with Gasteiger partial charge in [-0.15, -0.1) is 0 Å². The van der Waals surface area contributed by atoms with E-state index in [-0.39, 0.29) is 17.3 Å². The predicted molar refractivity (Wildman–Crippen MR) is 86.0 cm³/mol. The van der Waals surface area contributed by atoms with Crippen molar-refractivity contribution in [1.29, 1.82) is 0 Å². The monoisotopic (exact) mass is 330 g/mol. The Bertz CT molecular complexity index is 746. The van der Waals surface area contributed by atoms with Gasteiger partial charge in [-0.05, 0) is 32.1 Å². The highest BCUT2D eigenvalue weighted by molar-refractivity contribution is 5.95. The molecule has 1 aliphatic heterocycles. The Kier molecular flexibility index (Phi) is 4.52. The first-order valence-electron chi connectivity index (χ1n) is 7.67. The molecule has 1 aromatic carbocycles. The van der Waals surface area contributed by atoms with Gasteiger partial charge >= 0.3 is 0 Å². The number of hydrogen-bond donors (Lipinski definition) is 0. The quantitative estimate of drug-likeness (QED) is 0.614. The summed E-state index contributed by atoms with van der Waals surface area (Å²) in [6.07, 6.45) is 3.58. The number of rotatable bonds is 3. The molecule has 2 aromatic rings. The van der Waals surface area contributed by atoms with Crippen LogP contribution in [0.5, 0.6) is 0 Å². The number of nitro benzene ring substituents is 1. The molecule has 0 N–H and O–H groups in total. The first-order chi connectivity index (χ1) is 11.6. The summed E-state index contributed by atoms with van der Waals surface area (Å²) in [4.78, 5) is 31.3. The van der Waals surface area contributed by atoms with Crippen LogP contribution in [0, 0.1) is 10.1 Å². The molecule has 1 amide bonds. The second kappa shape index (κ2) is 6.75. The fourth-order valence-corrected chi connectivity index (χ4v) is 2.76. The van der Waals surface area contributed by atoms with E-state index in [1.54, 1.807) is 11.0 Å². The van der Waals surface area contributed by atoms with Crippen LogP contribution in [0.4, 0.5) is 5.69 Å². The molecule has 1 aromatic heterocycles. The summed E-state index contributed by atoms with van der Waals surface area (Å²) in [5.41, 5.74) is 0.429. The molecule has 9 heteroatoms. The van der Waals surface area contributed by atoms with Gasteiger partial charge in [0.25, 0.3) is 11.6 Å². The average Bonchev–Trinajstić information content (AvgIpc) is 3.02. The fraction of sp³-hybridized carbons (Fsp3) is 0.400. The fourth-order valence-electron chi connectivity index (χ4n) is 2.76. The molecule has 1 saturated heterocycles. The van der Waals surface area contributed by atoms with E-state index < -0.39 is 4.92 Å². The Labute approximate surface area is 138 Å². The third-order valence-corrected chi connectivity index (χ3v) is 4.09. The molecule has 9 nitrogen and oxygen atoms in total. The highest BCUT2D eigenvalue weighted by Gasteiger charge is 2.23. The lowest BCUT2D eigenvalue weighted by Crippen LogP contribution is -2.34. The first kappa shape index (κ1) is 16.1. The SMILES string of the molecule is CN1CCCN(C(=O)c2ccc(-n3cncn3)c([N+](=O)[O-])c2)CC1. The number of nitro groups is 1. The molecule has 0 bridgehead atoms. The molecular formula is C15H18N6O3. The number of carbonyl (C=O) groups excluding carboxylic acids is 1. The summed E-state index contributed by atoms with van der Waals surface area (Å²) in [5.74, 6) is -0.182. The summed E-state index contributed by atoms with van der Waals surface area (Å²) in [6, 6.07) is 4.44. The van der Waals surface area contributed by atoms with Crippen LogP contribution in [-0.2, 0) is 0 Å². The van der Waals surface area contributed by atoms with Gasteiger partial charge in [0.15, 0.2) is 0 Å². The number of nitrogens with zero attached hydrogens (tertiary/aromatic N) is 6. The van der Waals surface area contributed by atoms with Crippen molar-refractivity contribution >= 4 is 11.6 Å². The molecule has 1 aliphatic rings. The number of hydrogen-bond acceptors (Lipinski definition) is 6. The Hall–Kier alpha value is -2.81. The van der Waals surface area contributed by atoms with E-state index >= 15 is 0 Å². The normalized spacial score (nSPS) is 16.0. The van der Waals surface area contributed by atoms with Crippen molar-refractivity contribution in [2.24, 2.45) is 0 Å². The maximum Gasteiger partial charge on any atom is 0.295 e. The van der Waals surface area contributed by atoms with Gasteiger partial charge in [0, 0.05) is 31.3 Å². The molecule has 3 rings (SSSR count). The van der Waals surface area contributed by atoms with Crippen molar-refractivity contribution in [1.82, 2.24) is 24.6 Å². The van der Waals surface area contributed by atoms with E-state index in [4.69, 9.17) is 0 Å². The van der Waals surface area contributed by atoms with Crippen molar-refractivity contribution in [3.8, 4) is 5.69 Å². The van der Waals surface area contributed by atoms with Crippen LogP contribution in [0.15, 0.2) is 30.9 Å². The molecule has 0 saturated carbocycles. The third kappa shape index (κ3) is 3.25. The summed E-state index contributed by atoms with van der Waals surface area (Å²) in [6.45, 7) is 3.01. The van der Waals surface area contributed by atoms with E-state index in [0.29, 0.717) is 18.7 Å². The number of aromatic nitrogens is 3. The van der Waals surface area contributed by atoms with E-state index in [9.17, 15) is 14.9 Å². The zero-order valence-corrected chi connectivity index (χ0v) is 13.3. The number of benzene rings is 1. The van der Waals surface area contributed by atoms with Crippen molar-refractivity contribution in [3.63, 3.8) is 0 Å². The van der Waals surface area contributed by atoms with Crippen molar-refractivity contribution in [3.05, 3.63) is 46.5 Å². The number of carbonyl (C=O) groups is 1. The molecule has 0 atom stereocenters. The van der Waals surface area contributed by atoms with Crippen LogP contribution >= 0.6 is 0 Å². The highest BCUT2D eigenvalue weighted by atomic mass is 16.6. The zero-order chi connectivity index (χ0) is 17.1. The summed E-state index contributed by atoms with van der Waals surface area (Å²) < 4.78 is 1.31. The lowest BCUT2D eigenvalue weighted by atomic mass is 10.1. The molecular weight excluding hydrogens is 312 g/mol. The van der Waals surface area contributed by atoms with E-state index in [1.165, 1.54) is 29.5 Å². The van der Waals surface area contributed by atoms with Gasteiger partial charge in [-0.1, -0.05) is 0 Å². The Morgan fingerprint density at radius 2 is 2.08 bits per heavy atom. The Morgan fingerprint density at radius 1 is 1.25 bits per heavy atom. The zero-order valence-electron chi connectivity index (χ0n) is 13.3. The molecule has 2 heterocycles. The van der Waals surface area contributed by atoms with Crippen LogP contribution in [0.1, 0.15) is 16.8 Å². The Balaban J connectivity index is 1.90. The topological polar surface area (TPSA) is 97.4 Å². The van der Waals surface area contributed by atoms with Gasteiger partial charge in [0.05, 0.1) is 4.92 Å². The summed E-state index contributed by atoms with van der Waals surface area (Å²) >= 11 is 0. The second-order valence-corrected chi connectivity index (χ2v) is 5.75.